The molecule has 1 aromatic rings. The Labute approximate surface area is 165 Å². The third-order valence-electron chi connectivity index (χ3n) is 5.55. The topological polar surface area (TPSA) is 3.24 Å². The Morgan fingerprint density at radius 3 is 1.69 bits per heavy atom. The van der Waals surface area contributed by atoms with Gasteiger partial charge in [-0.1, -0.05) is 0 Å². The van der Waals surface area contributed by atoms with Crippen molar-refractivity contribution in [2.75, 3.05) is 25.0 Å². The summed E-state index contributed by atoms with van der Waals surface area (Å²) in [5.41, 5.74) is 1.57. The number of nitrogens with zero attached hydrogens (tertiary/aromatic N) is 1. The van der Waals surface area contributed by atoms with Gasteiger partial charge in [0, 0.05) is 0 Å². The molecule has 0 saturated heterocycles. The zero-order valence-corrected chi connectivity index (χ0v) is 19.9. The van der Waals surface area contributed by atoms with Crippen LogP contribution < -0.4 is 0 Å². The summed E-state index contributed by atoms with van der Waals surface area (Å²) in [4.78, 5) is 2.67. The van der Waals surface area contributed by atoms with Gasteiger partial charge < -0.3 is 0 Å². The minimum absolute atomic E-state index is 0.649. The molecule has 1 nitrogen and oxygen atoms in total. The Morgan fingerprint density at radius 1 is 0.769 bits per heavy atom. The summed E-state index contributed by atoms with van der Waals surface area (Å²) in [5.74, 6) is 1.63. The van der Waals surface area contributed by atoms with Crippen LogP contribution in [-0.2, 0) is 6.16 Å². The number of hydrogen-bond donors (Lipinski definition) is 0. The molecule has 0 amide bonds. The fraction of sp³-hybridized carbons (Fsp3) is 0.750. The van der Waals surface area contributed by atoms with Crippen LogP contribution in [0.4, 0.5) is 0 Å². The Morgan fingerprint density at radius 2 is 1.27 bits per heavy atom. The minimum atomic E-state index is -1.33. The van der Waals surface area contributed by atoms with E-state index in [1.165, 1.54) is 37.6 Å². The van der Waals surface area contributed by atoms with Gasteiger partial charge in [-0.05, 0) is 0 Å². The quantitative estimate of drug-likeness (QED) is 0.363. The van der Waals surface area contributed by atoms with Gasteiger partial charge >= 0.3 is 165 Å². The van der Waals surface area contributed by atoms with Crippen molar-refractivity contribution in [1.29, 1.82) is 0 Å². The molecule has 1 rings (SSSR count). The summed E-state index contributed by atoms with van der Waals surface area (Å²) < 4.78 is 0. The molecule has 1 aromatic carbocycles. The van der Waals surface area contributed by atoms with E-state index in [4.69, 9.17) is 0 Å². The van der Waals surface area contributed by atoms with E-state index in [9.17, 15) is 0 Å². The standard InChI is InChI=1S/C24H46NP/c1-20(2)17-26(18-21(3)4,19-24-13-10-9-11-14-24)16-12-15-25(22(5)6)23(7)8/h9-11,13-14,20-23,26H,12,15-19H2,1-8H3. The first-order chi connectivity index (χ1) is 12.1. The molecule has 2 heteroatoms. The first kappa shape index (κ1) is 23.6. The first-order valence-electron chi connectivity index (χ1n) is 10.9. The summed E-state index contributed by atoms with van der Waals surface area (Å²) in [5, 5.41) is 0. The van der Waals surface area contributed by atoms with Crippen molar-refractivity contribution in [1.82, 2.24) is 4.90 Å². The normalized spacial score (nSPS) is 13.6. The maximum atomic E-state index is 2.67. The van der Waals surface area contributed by atoms with Gasteiger partial charge in [0.25, 0.3) is 0 Å². The van der Waals surface area contributed by atoms with Crippen molar-refractivity contribution in [2.24, 2.45) is 11.8 Å². The van der Waals surface area contributed by atoms with Crippen molar-refractivity contribution in [3.63, 3.8) is 0 Å². The summed E-state index contributed by atoms with van der Waals surface area (Å²) in [6, 6.07) is 12.6. The third-order valence-corrected chi connectivity index (χ3v) is 11.5. The molecule has 0 fully saturated rings. The third kappa shape index (κ3) is 8.53. The molecule has 0 aliphatic carbocycles. The summed E-state index contributed by atoms with van der Waals surface area (Å²) in [6.45, 7) is 20.4. The number of hydrogen-bond acceptors (Lipinski definition) is 1. The van der Waals surface area contributed by atoms with Crippen molar-refractivity contribution < 1.29 is 0 Å². The van der Waals surface area contributed by atoms with Gasteiger partial charge in [0.1, 0.15) is 0 Å². The molecule has 0 spiro atoms. The molecule has 26 heavy (non-hydrogen) atoms. The van der Waals surface area contributed by atoms with Crippen molar-refractivity contribution in [3.05, 3.63) is 35.9 Å². The van der Waals surface area contributed by atoms with E-state index in [0.717, 1.165) is 11.8 Å². The second kappa shape index (κ2) is 11.5. The van der Waals surface area contributed by atoms with Gasteiger partial charge in [-0.2, -0.15) is 0 Å². The molecule has 0 atom stereocenters. The molecule has 0 saturated carbocycles. The Balaban J connectivity index is 2.93. The van der Waals surface area contributed by atoms with Gasteiger partial charge in [0.15, 0.2) is 0 Å². The average molecular weight is 380 g/mol. The molecule has 0 N–H and O–H groups in total. The van der Waals surface area contributed by atoms with E-state index in [1.807, 2.05) is 0 Å². The van der Waals surface area contributed by atoms with Crippen LogP contribution in [-0.4, -0.2) is 42.0 Å². The zero-order valence-electron chi connectivity index (χ0n) is 18.9. The molecule has 0 heterocycles. The van der Waals surface area contributed by atoms with E-state index in [-0.39, 0.29) is 0 Å². The second-order valence-electron chi connectivity index (χ2n) is 9.89. The maximum absolute atomic E-state index is 2.67. The Kier molecular flexibility index (Phi) is 10.4. The van der Waals surface area contributed by atoms with Crippen LogP contribution >= 0.6 is 7.26 Å². The Bertz CT molecular complexity index is 460. The van der Waals surface area contributed by atoms with Crippen LogP contribution in [0.1, 0.15) is 67.4 Å². The second-order valence-corrected chi connectivity index (χ2v) is 14.6. The van der Waals surface area contributed by atoms with Crippen molar-refractivity contribution in [2.45, 2.75) is 80.1 Å². The number of benzene rings is 1. The summed E-state index contributed by atoms with van der Waals surface area (Å²) in [7, 11) is -1.33. The van der Waals surface area contributed by atoms with Gasteiger partial charge in [-0.25, -0.2) is 0 Å². The van der Waals surface area contributed by atoms with Gasteiger partial charge in [0.2, 0.25) is 0 Å². The van der Waals surface area contributed by atoms with Crippen LogP contribution in [0.25, 0.3) is 0 Å². The molecule has 152 valence electrons. The van der Waals surface area contributed by atoms with Crippen LogP contribution in [0, 0.1) is 11.8 Å². The van der Waals surface area contributed by atoms with Crippen LogP contribution in [0.3, 0.4) is 0 Å². The predicted octanol–water partition coefficient (Wildman–Crippen LogP) is 6.76. The number of rotatable bonds is 12. The van der Waals surface area contributed by atoms with Crippen LogP contribution in [0.5, 0.6) is 0 Å². The van der Waals surface area contributed by atoms with E-state index in [0.29, 0.717) is 12.1 Å². The first-order valence-corrected chi connectivity index (χ1v) is 13.8. The molecule has 0 radical (unpaired) electrons. The Hall–Kier alpha value is -0.390. The summed E-state index contributed by atoms with van der Waals surface area (Å²) in [6.07, 6.45) is 7.17. The molecule has 0 bridgehead atoms. The molecular weight excluding hydrogens is 333 g/mol. The van der Waals surface area contributed by atoms with Crippen molar-refractivity contribution in [3.8, 4) is 0 Å². The zero-order chi connectivity index (χ0) is 19.7. The van der Waals surface area contributed by atoms with E-state index < -0.39 is 7.26 Å². The fourth-order valence-electron chi connectivity index (χ4n) is 5.03. The molecular formula is C24H46NP. The monoisotopic (exact) mass is 379 g/mol. The SMILES string of the molecule is CC(C)C[PH](CCCN(C(C)C)C(C)C)(Cc1ccccc1)CC(C)C. The van der Waals surface area contributed by atoms with E-state index in [2.05, 4.69) is 90.6 Å². The molecule has 0 aliphatic heterocycles. The summed E-state index contributed by atoms with van der Waals surface area (Å²) >= 11 is 0. The molecule has 0 aliphatic rings. The van der Waals surface area contributed by atoms with E-state index >= 15 is 0 Å². The molecule has 0 unspecified atom stereocenters. The van der Waals surface area contributed by atoms with Crippen LogP contribution in [0.15, 0.2) is 30.3 Å². The molecule has 0 aromatic heterocycles. The van der Waals surface area contributed by atoms with Crippen LogP contribution in [0.2, 0.25) is 0 Å². The fourth-order valence-corrected chi connectivity index (χ4v) is 11.5. The van der Waals surface area contributed by atoms with Crippen molar-refractivity contribution >= 4 is 7.26 Å². The predicted molar refractivity (Wildman–Crippen MR) is 124 cm³/mol. The van der Waals surface area contributed by atoms with Gasteiger partial charge in [-0.15, -0.1) is 0 Å². The van der Waals surface area contributed by atoms with Gasteiger partial charge in [0.05, 0.1) is 0 Å². The van der Waals surface area contributed by atoms with E-state index in [1.54, 1.807) is 5.56 Å². The average Bonchev–Trinajstić information content (AvgIpc) is 2.50. The van der Waals surface area contributed by atoms with Gasteiger partial charge in [-0.3, -0.25) is 0 Å².